The van der Waals surface area contributed by atoms with Crippen molar-refractivity contribution < 1.29 is 4.39 Å². The van der Waals surface area contributed by atoms with Gasteiger partial charge >= 0.3 is 0 Å². The molecule has 0 bridgehead atoms. The van der Waals surface area contributed by atoms with Crippen molar-refractivity contribution in [3.8, 4) is 0 Å². The molecule has 0 aromatic heterocycles. The lowest BCUT2D eigenvalue weighted by molar-refractivity contribution is 0.602. The van der Waals surface area contributed by atoms with Crippen LogP contribution in [-0.4, -0.2) is 0 Å². The molecule has 0 unspecified atom stereocenters. The van der Waals surface area contributed by atoms with Crippen molar-refractivity contribution in [2.75, 3.05) is 11.5 Å². The van der Waals surface area contributed by atoms with E-state index in [1.165, 1.54) is 17.8 Å². The molecule has 0 atom stereocenters. The third-order valence-corrected chi connectivity index (χ3v) is 3.16. The van der Waals surface area contributed by atoms with E-state index < -0.39 is 0 Å². The van der Waals surface area contributed by atoms with E-state index in [1.807, 2.05) is 6.07 Å². The van der Waals surface area contributed by atoms with Crippen molar-refractivity contribution in [3.05, 3.63) is 48.3 Å². The lowest BCUT2D eigenvalue weighted by Gasteiger charge is -2.05. The molecule has 0 amide bonds. The van der Waals surface area contributed by atoms with Gasteiger partial charge in [-0.1, -0.05) is 23.9 Å². The van der Waals surface area contributed by atoms with Gasteiger partial charge in [0.05, 0.1) is 11.4 Å². The van der Waals surface area contributed by atoms with Gasteiger partial charge in [-0.05, 0) is 30.3 Å². The maximum atomic E-state index is 13.4. The van der Waals surface area contributed by atoms with Crippen LogP contribution < -0.4 is 11.5 Å². The molecule has 0 heterocycles. The van der Waals surface area contributed by atoms with E-state index in [2.05, 4.69) is 0 Å². The van der Waals surface area contributed by atoms with E-state index >= 15 is 0 Å². The number of halogens is 1. The Bertz CT molecular complexity index is 514. The van der Waals surface area contributed by atoms with Crippen LogP contribution >= 0.6 is 11.8 Å². The van der Waals surface area contributed by atoms with E-state index in [9.17, 15) is 4.39 Å². The largest absolute Gasteiger partial charge is 0.397 e. The number of hydrogen-bond acceptors (Lipinski definition) is 3. The van der Waals surface area contributed by atoms with Gasteiger partial charge < -0.3 is 11.5 Å². The number of hydrogen-bond donors (Lipinski definition) is 2. The van der Waals surface area contributed by atoms with Crippen LogP contribution in [0.1, 0.15) is 0 Å². The molecule has 82 valence electrons. The van der Waals surface area contributed by atoms with Crippen LogP contribution in [-0.2, 0) is 0 Å². The minimum atomic E-state index is -0.233. The number of nitrogen functional groups attached to an aromatic ring is 2. The van der Waals surface area contributed by atoms with Crippen LogP contribution in [0.15, 0.2) is 52.3 Å². The van der Waals surface area contributed by atoms with Gasteiger partial charge in [-0.25, -0.2) is 4.39 Å². The van der Waals surface area contributed by atoms with E-state index in [0.29, 0.717) is 16.3 Å². The summed E-state index contributed by atoms with van der Waals surface area (Å²) in [6.07, 6.45) is 0. The fraction of sp³-hybridized carbons (Fsp3) is 0. The molecule has 2 aromatic rings. The summed E-state index contributed by atoms with van der Waals surface area (Å²) >= 11 is 1.33. The van der Waals surface area contributed by atoms with Gasteiger partial charge in [-0.2, -0.15) is 0 Å². The fourth-order valence-corrected chi connectivity index (χ4v) is 2.16. The van der Waals surface area contributed by atoms with Gasteiger partial charge in [0, 0.05) is 9.79 Å². The standard InChI is InChI=1S/C12H11FN2S/c13-9-3-1-2-4-12(9)16-8-5-6-10(14)11(15)7-8/h1-7H,14-15H2. The van der Waals surface area contributed by atoms with Crippen molar-refractivity contribution in [2.24, 2.45) is 0 Å². The average molecular weight is 234 g/mol. The summed E-state index contributed by atoms with van der Waals surface area (Å²) in [6, 6.07) is 11.9. The highest BCUT2D eigenvalue weighted by Gasteiger charge is 2.04. The minimum absolute atomic E-state index is 0.233. The molecule has 16 heavy (non-hydrogen) atoms. The number of rotatable bonds is 2. The maximum Gasteiger partial charge on any atom is 0.137 e. The van der Waals surface area contributed by atoms with Gasteiger partial charge in [-0.3, -0.25) is 0 Å². The smallest absolute Gasteiger partial charge is 0.137 e. The third kappa shape index (κ3) is 2.28. The van der Waals surface area contributed by atoms with E-state index in [-0.39, 0.29) is 5.82 Å². The van der Waals surface area contributed by atoms with E-state index in [1.54, 1.807) is 30.3 Å². The number of nitrogens with two attached hydrogens (primary N) is 2. The van der Waals surface area contributed by atoms with Crippen molar-refractivity contribution in [2.45, 2.75) is 9.79 Å². The lowest BCUT2D eigenvalue weighted by atomic mass is 10.3. The van der Waals surface area contributed by atoms with Crippen molar-refractivity contribution in [1.29, 1.82) is 0 Å². The first-order valence-corrected chi connectivity index (χ1v) is 5.56. The van der Waals surface area contributed by atoms with Crippen molar-refractivity contribution in [3.63, 3.8) is 0 Å². The molecule has 2 nitrogen and oxygen atoms in total. The van der Waals surface area contributed by atoms with Gasteiger partial charge in [0.15, 0.2) is 0 Å². The summed E-state index contributed by atoms with van der Waals surface area (Å²) in [5, 5.41) is 0. The van der Waals surface area contributed by atoms with Crippen molar-refractivity contribution >= 4 is 23.1 Å². The molecule has 2 rings (SSSR count). The fourth-order valence-electron chi connectivity index (χ4n) is 1.27. The molecule has 0 saturated heterocycles. The predicted octanol–water partition coefficient (Wildman–Crippen LogP) is 3.14. The Balaban J connectivity index is 2.28. The highest BCUT2D eigenvalue weighted by molar-refractivity contribution is 7.99. The Morgan fingerprint density at radius 1 is 0.938 bits per heavy atom. The number of benzene rings is 2. The first kappa shape index (κ1) is 10.8. The first-order valence-electron chi connectivity index (χ1n) is 4.74. The Morgan fingerprint density at radius 2 is 1.69 bits per heavy atom. The molecule has 0 aliphatic rings. The second-order valence-corrected chi connectivity index (χ2v) is 4.44. The van der Waals surface area contributed by atoms with Crippen molar-refractivity contribution in [1.82, 2.24) is 0 Å². The van der Waals surface area contributed by atoms with Gasteiger partial charge in [0.25, 0.3) is 0 Å². The zero-order chi connectivity index (χ0) is 11.5. The molecule has 0 saturated carbocycles. The van der Waals surface area contributed by atoms with Crippen LogP contribution in [0.5, 0.6) is 0 Å². The summed E-state index contributed by atoms with van der Waals surface area (Å²) < 4.78 is 13.4. The summed E-state index contributed by atoms with van der Waals surface area (Å²) in [5.41, 5.74) is 12.3. The Morgan fingerprint density at radius 3 is 2.38 bits per heavy atom. The van der Waals surface area contributed by atoms with Gasteiger partial charge in [0.1, 0.15) is 5.82 Å². The summed E-state index contributed by atoms with van der Waals surface area (Å²) in [7, 11) is 0. The lowest BCUT2D eigenvalue weighted by Crippen LogP contribution is -1.93. The van der Waals surface area contributed by atoms with E-state index in [0.717, 1.165) is 4.90 Å². The molecule has 0 aliphatic carbocycles. The summed E-state index contributed by atoms with van der Waals surface area (Å²) in [6.45, 7) is 0. The molecular formula is C12H11FN2S. The monoisotopic (exact) mass is 234 g/mol. The molecule has 0 fully saturated rings. The Labute approximate surface area is 97.5 Å². The average Bonchev–Trinajstić information content (AvgIpc) is 2.27. The van der Waals surface area contributed by atoms with Crippen LogP contribution in [0.3, 0.4) is 0 Å². The minimum Gasteiger partial charge on any atom is -0.397 e. The second-order valence-electron chi connectivity index (χ2n) is 3.32. The van der Waals surface area contributed by atoms with Crippen LogP contribution in [0.2, 0.25) is 0 Å². The van der Waals surface area contributed by atoms with Crippen LogP contribution in [0.25, 0.3) is 0 Å². The Hall–Kier alpha value is -1.68. The molecule has 4 N–H and O–H groups in total. The molecular weight excluding hydrogens is 223 g/mol. The molecule has 4 heteroatoms. The van der Waals surface area contributed by atoms with Crippen LogP contribution in [0, 0.1) is 5.82 Å². The molecule has 2 aromatic carbocycles. The zero-order valence-corrected chi connectivity index (χ0v) is 9.30. The summed E-state index contributed by atoms with van der Waals surface area (Å²) in [4.78, 5) is 1.45. The topological polar surface area (TPSA) is 52.0 Å². The van der Waals surface area contributed by atoms with Crippen LogP contribution in [0.4, 0.5) is 15.8 Å². The molecule has 0 aliphatic heterocycles. The SMILES string of the molecule is Nc1ccc(Sc2ccccc2F)cc1N. The molecule has 0 radical (unpaired) electrons. The zero-order valence-electron chi connectivity index (χ0n) is 8.48. The highest BCUT2D eigenvalue weighted by atomic mass is 32.2. The number of anilines is 2. The van der Waals surface area contributed by atoms with Gasteiger partial charge in [0.2, 0.25) is 0 Å². The predicted molar refractivity (Wildman–Crippen MR) is 65.8 cm³/mol. The van der Waals surface area contributed by atoms with Gasteiger partial charge in [-0.15, -0.1) is 0 Å². The molecule has 0 spiro atoms. The Kier molecular flexibility index (Phi) is 3.01. The third-order valence-electron chi connectivity index (χ3n) is 2.12. The second kappa shape index (κ2) is 4.45. The quantitative estimate of drug-likeness (QED) is 0.785. The summed E-state index contributed by atoms with van der Waals surface area (Å²) in [5.74, 6) is -0.233. The normalized spacial score (nSPS) is 10.3. The van der Waals surface area contributed by atoms with E-state index in [4.69, 9.17) is 11.5 Å². The first-order chi connectivity index (χ1) is 7.66. The maximum absolute atomic E-state index is 13.4. The highest BCUT2D eigenvalue weighted by Crippen LogP contribution is 2.32.